The van der Waals surface area contributed by atoms with Gasteiger partial charge in [-0.05, 0) is 53.0 Å². The van der Waals surface area contributed by atoms with Gasteiger partial charge in [0, 0.05) is 36.6 Å². The van der Waals surface area contributed by atoms with Crippen molar-refractivity contribution < 1.29 is 19.2 Å². The van der Waals surface area contributed by atoms with Gasteiger partial charge in [0.05, 0.1) is 21.3 Å². The molecule has 2 heterocycles. The number of hydrogen-bond donors (Lipinski definition) is 0. The van der Waals surface area contributed by atoms with Crippen LogP contribution in [0.2, 0.25) is 10.0 Å². The van der Waals surface area contributed by atoms with E-state index in [2.05, 4.69) is 41.9 Å². The van der Waals surface area contributed by atoms with Gasteiger partial charge in [0.15, 0.2) is 5.82 Å². The van der Waals surface area contributed by atoms with Gasteiger partial charge in [-0.25, -0.2) is 14.6 Å². The lowest BCUT2D eigenvalue weighted by atomic mass is 10.1. The number of rotatable bonds is 5. The lowest BCUT2D eigenvalue weighted by Crippen LogP contribution is -2.44. The van der Waals surface area contributed by atoms with Crippen molar-refractivity contribution in [3.05, 3.63) is 66.9 Å². The first kappa shape index (κ1) is 28.4. The van der Waals surface area contributed by atoms with E-state index >= 15 is 0 Å². The van der Waals surface area contributed by atoms with Crippen LogP contribution in [-0.2, 0) is 9.59 Å². The van der Waals surface area contributed by atoms with Crippen LogP contribution >= 0.6 is 55.1 Å². The van der Waals surface area contributed by atoms with Crippen LogP contribution in [-0.4, -0.2) is 49.3 Å². The van der Waals surface area contributed by atoms with E-state index in [1.54, 1.807) is 12.1 Å². The van der Waals surface area contributed by atoms with E-state index in [4.69, 9.17) is 23.2 Å². The van der Waals surface area contributed by atoms with Crippen LogP contribution in [0.25, 0.3) is 5.82 Å². The Morgan fingerprint density at radius 2 is 1.66 bits per heavy atom. The van der Waals surface area contributed by atoms with Gasteiger partial charge in [-0.3, -0.25) is 24.1 Å². The third-order valence-electron chi connectivity index (χ3n) is 6.09. The quantitative estimate of drug-likeness (QED) is 0.316. The predicted molar refractivity (Wildman–Crippen MR) is 150 cm³/mol. The van der Waals surface area contributed by atoms with Gasteiger partial charge in [-0.15, -0.1) is 0 Å². The number of nitrogens with zero attached hydrogens (tertiary/aromatic N) is 5. The molecule has 0 bridgehead atoms. The van der Waals surface area contributed by atoms with E-state index in [0.717, 1.165) is 17.7 Å². The molecule has 2 aromatic heterocycles. The zero-order valence-corrected chi connectivity index (χ0v) is 24.9. The maximum absolute atomic E-state index is 14.0. The number of hydrogen-bond acceptors (Lipinski definition) is 6. The lowest BCUT2D eigenvalue weighted by molar-refractivity contribution is -0.128. The smallest absolute Gasteiger partial charge is 0.276 e. The molecule has 0 aliphatic heterocycles. The molecule has 1 aromatic carbocycles. The molecule has 198 valence electrons. The van der Waals surface area contributed by atoms with Crippen molar-refractivity contribution in [3.8, 4) is 5.82 Å². The number of anilines is 1. The molecule has 1 aliphatic carbocycles. The molecule has 1 fully saturated rings. The standard InChI is InChI=1S/C25H21Br2Cl2N5O4/c1-13(35)32(16-6-3-4-7-16)24(37)17-10-15(26)11-19(29)22(17)33(14(2)36)25(38)20-12-21(27)31-34(20)23-18(28)8-5-9-30-23/h5,8-12,16H,3-4,6-7H2,1-2H3. The molecule has 1 aliphatic rings. The number of carbonyl (C=O) groups is 4. The first-order valence-corrected chi connectivity index (χ1v) is 13.9. The SMILES string of the molecule is CC(=O)N(C(=O)c1cc(Br)nn1-c1ncccc1Cl)c1c(Cl)cc(Br)cc1C(=O)N(C(C)=O)C1CCCC1. The normalized spacial score (nSPS) is 13.4. The van der Waals surface area contributed by atoms with Crippen molar-refractivity contribution in [2.45, 2.75) is 45.6 Å². The molecule has 38 heavy (non-hydrogen) atoms. The summed E-state index contributed by atoms with van der Waals surface area (Å²) in [5.74, 6) is -2.46. The van der Waals surface area contributed by atoms with Crippen LogP contribution < -0.4 is 4.90 Å². The van der Waals surface area contributed by atoms with Gasteiger partial charge in [0.25, 0.3) is 11.8 Å². The average Bonchev–Trinajstić information content (AvgIpc) is 3.50. The van der Waals surface area contributed by atoms with Crippen molar-refractivity contribution in [2.24, 2.45) is 0 Å². The summed E-state index contributed by atoms with van der Waals surface area (Å²) >= 11 is 19.5. The van der Waals surface area contributed by atoms with Crippen LogP contribution in [0.3, 0.4) is 0 Å². The molecule has 0 spiro atoms. The summed E-state index contributed by atoms with van der Waals surface area (Å²) in [6, 6.07) is 7.23. The number of imide groups is 2. The Bertz CT molecular complexity index is 1460. The Hall–Kier alpha value is -2.60. The Balaban J connectivity index is 1.88. The van der Waals surface area contributed by atoms with Crippen LogP contribution in [0, 0.1) is 0 Å². The summed E-state index contributed by atoms with van der Waals surface area (Å²) in [7, 11) is 0. The molecule has 0 radical (unpaired) electrons. The summed E-state index contributed by atoms with van der Waals surface area (Å²) in [6.45, 7) is 2.49. The monoisotopic (exact) mass is 683 g/mol. The van der Waals surface area contributed by atoms with Crippen molar-refractivity contribution in [1.29, 1.82) is 0 Å². The highest BCUT2D eigenvalue weighted by Crippen LogP contribution is 2.37. The molecule has 13 heteroatoms. The molecule has 4 rings (SSSR count). The number of halogens is 4. The van der Waals surface area contributed by atoms with Crippen LogP contribution in [0.5, 0.6) is 0 Å². The largest absolute Gasteiger partial charge is 0.283 e. The van der Waals surface area contributed by atoms with Crippen molar-refractivity contribution in [3.63, 3.8) is 0 Å². The predicted octanol–water partition coefficient (Wildman–Crippen LogP) is 6.22. The topological polar surface area (TPSA) is 105 Å². The van der Waals surface area contributed by atoms with Crippen molar-refractivity contribution in [2.75, 3.05) is 4.90 Å². The molecule has 0 atom stereocenters. The minimum Gasteiger partial charge on any atom is -0.276 e. The molecule has 4 amide bonds. The first-order chi connectivity index (χ1) is 18.0. The summed E-state index contributed by atoms with van der Waals surface area (Å²) in [6.07, 6.45) is 4.61. The molecule has 1 saturated carbocycles. The maximum Gasteiger partial charge on any atom is 0.283 e. The third-order valence-corrected chi connectivity index (χ3v) is 7.51. The highest BCUT2D eigenvalue weighted by molar-refractivity contribution is 9.10. The average molecular weight is 686 g/mol. The van der Waals surface area contributed by atoms with Gasteiger partial charge in [-0.1, -0.05) is 52.0 Å². The number of carbonyl (C=O) groups excluding carboxylic acids is 4. The molecule has 0 N–H and O–H groups in total. The second-order valence-electron chi connectivity index (χ2n) is 8.65. The van der Waals surface area contributed by atoms with Crippen molar-refractivity contribution in [1.82, 2.24) is 19.7 Å². The van der Waals surface area contributed by atoms with E-state index < -0.39 is 23.6 Å². The second-order valence-corrected chi connectivity index (χ2v) is 11.2. The van der Waals surface area contributed by atoms with Crippen LogP contribution in [0.4, 0.5) is 5.69 Å². The van der Waals surface area contributed by atoms with Gasteiger partial charge < -0.3 is 0 Å². The fraction of sp³-hybridized carbons (Fsp3) is 0.280. The van der Waals surface area contributed by atoms with Crippen LogP contribution in [0.1, 0.15) is 60.4 Å². The molecule has 0 saturated heterocycles. The maximum atomic E-state index is 14.0. The van der Waals surface area contributed by atoms with E-state index in [1.165, 1.54) is 47.8 Å². The van der Waals surface area contributed by atoms with E-state index in [0.29, 0.717) is 17.3 Å². The minimum atomic E-state index is -0.828. The zero-order chi connectivity index (χ0) is 27.7. The first-order valence-electron chi connectivity index (χ1n) is 11.6. The van der Waals surface area contributed by atoms with Gasteiger partial charge >= 0.3 is 0 Å². The Morgan fingerprint density at radius 3 is 2.26 bits per heavy atom. The number of pyridine rings is 1. The molecular formula is C25H21Br2Cl2N5O4. The summed E-state index contributed by atoms with van der Waals surface area (Å²) in [4.78, 5) is 59.6. The number of aromatic nitrogens is 3. The van der Waals surface area contributed by atoms with E-state index in [-0.39, 0.29) is 43.5 Å². The molecule has 3 aromatic rings. The van der Waals surface area contributed by atoms with Gasteiger partial charge in [0.2, 0.25) is 11.8 Å². The summed E-state index contributed by atoms with van der Waals surface area (Å²) < 4.78 is 1.92. The fourth-order valence-corrected chi connectivity index (χ4v) is 6.00. The Labute approximate surface area is 245 Å². The molecule has 0 unspecified atom stereocenters. The zero-order valence-electron chi connectivity index (χ0n) is 20.3. The Kier molecular flexibility index (Phi) is 8.71. The summed E-state index contributed by atoms with van der Waals surface area (Å²) in [5, 5.41) is 4.44. The van der Waals surface area contributed by atoms with Crippen LogP contribution in [0.15, 0.2) is 45.6 Å². The highest BCUT2D eigenvalue weighted by atomic mass is 79.9. The van der Waals surface area contributed by atoms with Crippen molar-refractivity contribution >= 4 is 84.4 Å². The lowest BCUT2D eigenvalue weighted by Gasteiger charge is -2.29. The number of benzene rings is 1. The van der Waals surface area contributed by atoms with Gasteiger partial charge in [-0.2, -0.15) is 5.10 Å². The fourth-order valence-electron chi connectivity index (χ4n) is 4.53. The second kappa shape index (κ2) is 11.6. The van der Waals surface area contributed by atoms with E-state index in [1.807, 2.05) is 0 Å². The highest BCUT2D eigenvalue weighted by Gasteiger charge is 2.36. The number of amides is 4. The minimum absolute atomic E-state index is 0.0396. The summed E-state index contributed by atoms with van der Waals surface area (Å²) in [5.41, 5.74) is -0.280. The molecular weight excluding hydrogens is 665 g/mol. The Morgan fingerprint density at radius 1 is 0.974 bits per heavy atom. The van der Waals surface area contributed by atoms with Gasteiger partial charge in [0.1, 0.15) is 10.3 Å². The molecule has 9 nitrogen and oxygen atoms in total. The third kappa shape index (κ3) is 5.56. The van der Waals surface area contributed by atoms with E-state index in [9.17, 15) is 19.2 Å².